The number of rotatable bonds is 4. The van der Waals surface area contributed by atoms with Crippen LogP contribution in [-0.2, 0) is 4.74 Å². The van der Waals surface area contributed by atoms with Crippen LogP contribution in [0.2, 0.25) is 0 Å². The van der Waals surface area contributed by atoms with Gasteiger partial charge in [-0.1, -0.05) is 22.0 Å². The van der Waals surface area contributed by atoms with E-state index >= 15 is 0 Å². The highest BCUT2D eigenvalue weighted by Crippen LogP contribution is 2.21. The Morgan fingerprint density at radius 3 is 2.57 bits per heavy atom. The highest BCUT2D eigenvalue weighted by atomic mass is 79.9. The molecule has 0 fully saturated rings. The number of pyridine rings is 1. The van der Waals surface area contributed by atoms with Crippen molar-refractivity contribution in [2.45, 2.75) is 6.92 Å². The van der Waals surface area contributed by atoms with E-state index in [1.807, 2.05) is 24.3 Å². The van der Waals surface area contributed by atoms with Gasteiger partial charge in [0, 0.05) is 16.2 Å². The Bertz CT molecular complexity index is 881. The van der Waals surface area contributed by atoms with Gasteiger partial charge in [-0.05, 0) is 49.4 Å². The minimum atomic E-state index is -0.425. The predicted octanol–water partition coefficient (Wildman–Crippen LogP) is 4.11. The van der Waals surface area contributed by atoms with Crippen LogP contribution in [-0.4, -0.2) is 22.8 Å². The number of benzene rings is 1. The molecule has 3 aromatic rings. The summed E-state index contributed by atoms with van der Waals surface area (Å²) in [4.78, 5) is 24.9. The van der Waals surface area contributed by atoms with Gasteiger partial charge in [0.15, 0.2) is 0 Å². The lowest BCUT2D eigenvalue weighted by molar-refractivity contribution is 0.0529. The summed E-state index contributed by atoms with van der Waals surface area (Å²) in [5, 5.41) is 0. The van der Waals surface area contributed by atoms with E-state index in [4.69, 9.17) is 4.74 Å². The van der Waals surface area contributed by atoms with Crippen molar-refractivity contribution in [3.63, 3.8) is 0 Å². The highest BCUT2D eigenvalue weighted by Gasteiger charge is 2.20. The molecule has 0 aliphatic heterocycles. The second kappa shape index (κ2) is 6.38. The number of hydrogen-bond acceptors (Lipinski definition) is 3. The van der Waals surface area contributed by atoms with Crippen LogP contribution < -0.4 is 0 Å². The summed E-state index contributed by atoms with van der Waals surface area (Å²) in [5.41, 5.74) is 2.05. The van der Waals surface area contributed by atoms with Gasteiger partial charge in [-0.25, -0.2) is 4.79 Å². The first kappa shape index (κ1) is 15.5. The minimum absolute atomic E-state index is 0.144. The maximum atomic E-state index is 12.8. The molecule has 116 valence electrons. The Kier molecular flexibility index (Phi) is 4.30. The lowest BCUT2D eigenvalue weighted by Gasteiger charge is -2.02. The van der Waals surface area contributed by atoms with E-state index in [2.05, 4.69) is 15.9 Å². The van der Waals surface area contributed by atoms with Crippen molar-refractivity contribution in [2.75, 3.05) is 6.61 Å². The molecule has 0 radical (unpaired) electrons. The molecule has 0 N–H and O–H groups in total. The third-order valence-corrected chi connectivity index (χ3v) is 4.04. The first-order valence-electron chi connectivity index (χ1n) is 7.19. The topological polar surface area (TPSA) is 47.8 Å². The second-order valence-corrected chi connectivity index (χ2v) is 5.87. The highest BCUT2D eigenvalue weighted by molar-refractivity contribution is 9.10. The molecule has 23 heavy (non-hydrogen) atoms. The van der Waals surface area contributed by atoms with Crippen molar-refractivity contribution < 1.29 is 14.3 Å². The molecule has 4 nitrogen and oxygen atoms in total. The molecule has 1 aromatic carbocycles. The summed E-state index contributed by atoms with van der Waals surface area (Å²) in [6.07, 6.45) is 1.77. The molecule has 0 spiro atoms. The fourth-order valence-corrected chi connectivity index (χ4v) is 2.71. The van der Waals surface area contributed by atoms with Crippen LogP contribution in [0.1, 0.15) is 33.3 Å². The molecule has 0 saturated heterocycles. The zero-order chi connectivity index (χ0) is 16.4. The molecule has 0 saturated carbocycles. The molecule has 0 aliphatic carbocycles. The average molecular weight is 372 g/mol. The van der Waals surface area contributed by atoms with Gasteiger partial charge in [0.25, 0.3) is 0 Å². The Morgan fingerprint density at radius 1 is 1.13 bits per heavy atom. The summed E-state index contributed by atoms with van der Waals surface area (Å²) < 4.78 is 7.70. The van der Waals surface area contributed by atoms with Gasteiger partial charge >= 0.3 is 5.97 Å². The molecule has 5 heteroatoms. The van der Waals surface area contributed by atoms with Gasteiger partial charge in [-0.3, -0.25) is 4.79 Å². The van der Waals surface area contributed by atoms with Crippen molar-refractivity contribution in [1.29, 1.82) is 0 Å². The maximum absolute atomic E-state index is 12.8. The predicted molar refractivity (Wildman–Crippen MR) is 90.9 cm³/mol. The Labute approximate surface area is 141 Å². The Hall–Kier alpha value is -2.40. The van der Waals surface area contributed by atoms with E-state index < -0.39 is 5.97 Å². The zero-order valence-corrected chi connectivity index (χ0v) is 14.0. The van der Waals surface area contributed by atoms with E-state index in [-0.39, 0.29) is 5.78 Å². The smallest absolute Gasteiger partial charge is 0.340 e. The summed E-state index contributed by atoms with van der Waals surface area (Å²) >= 11 is 3.35. The minimum Gasteiger partial charge on any atom is -0.462 e. The Morgan fingerprint density at radius 2 is 1.87 bits per heavy atom. The molecule has 2 aromatic heterocycles. The number of hydrogen-bond donors (Lipinski definition) is 0. The van der Waals surface area contributed by atoms with Crippen molar-refractivity contribution >= 4 is 33.2 Å². The molecule has 0 aliphatic rings. The number of esters is 1. The third-order valence-electron chi connectivity index (χ3n) is 3.51. The molecule has 3 rings (SSSR count). The van der Waals surface area contributed by atoms with Crippen LogP contribution in [0, 0.1) is 0 Å². The fourth-order valence-electron chi connectivity index (χ4n) is 2.45. The molecule has 0 atom stereocenters. The van der Waals surface area contributed by atoms with Crippen LogP contribution in [0.5, 0.6) is 0 Å². The van der Waals surface area contributed by atoms with Crippen LogP contribution in [0.3, 0.4) is 0 Å². The number of fused-ring (bicyclic) bond motifs is 1. The number of nitrogens with zero attached hydrogens (tertiary/aromatic N) is 1. The number of halogens is 1. The SMILES string of the molecule is CCOC(=O)c1cc(C(=O)c2ccc(Br)cc2)n2ccccc12. The standard InChI is InChI=1S/C18H14BrNO3/c1-2-23-18(22)14-11-16(20-10-4-3-5-15(14)20)17(21)12-6-8-13(19)9-7-12/h3-11H,2H2,1H3. The molecular formula is C18H14BrNO3. The normalized spacial score (nSPS) is 10.7. The van der Waals surface area contributed by atoms with Crippen molar-refractivity contribution in [3.8, 4) is 0 Å². The molecule has 2 heterocycles. The lowest BCUT2D eigenvalue weighted by Crippen LogP contribution is -2.04. The van der Waals surface area contributed by atoms with Crippen LogP contribution in [0.25, 0.3) is 5.52 Å². The van der Waals surface area contributed by atoms with Gasteiger partial charge in [0.2, 0.25) is 5.78 Å². The maximum Gasteiger partial charge on any atom is 0.340 e. The largest absolute Gasteiger partial charge is 0.462 e. The van der Waals surface area contributed by atoms with Crippen LogP contribution >= 0.6 is 15.9 Å². The third kappa shape index (κ3) is 2.92. The second-order valence-electron chi connectivity index (χ2n) is 4.96. The first-order chi connectivity index (χ1) is 11.1. The first-order valence-corrected chi connectivity index (χ1v) is 7.98. The monoisotopic (exact) mass is 371 g/mol. The van der Waals surface area contributed by atoms with Gasteiger partial charge < -0.3 is 9.14 Å². The quantitative estimate of drug-likeness (QED) is 0.512. The summed E-state index contributed by atoms with van der Waals surface area (Å²) in [5.74, 6) is -0.569. The van der Waals surface area contributed by atoms with E-state index in [9.17, 15) is 9.59 Å². The summed E-state index contributed by atoms with van der Waals surface area (Å²) in [6, 6.07) is 14.2. The van der Waals surface area contributed by atoms with Crippen LogP contribution in [0.15, 0.2) is 59.2 Å². The van der Waals surface area contributed by atoms with Gasteiger partial charge in [-0.15, -0.1) is 0 Å². The van der Waals surface area contributed by atoms with E-state index in [0.717, 1.165) is 4.47 Å². The van der Waals surface area contributed by atoms with Crippen LogP contribution in [0.4, 0.5) is 0 Å². The van der Waals surface area contributed by atoms with E-state index in [1.54, 1.807) is 41.8 Å². The molecule has 0 unspecified atom stereocenters. The number of aromatic nitrogens is 1. The van der Waals surface area contributed by atoms with Crippen molar-refractivity contribution in [1.82, 2.24) is 4.40 Å². The van der Waals surface area contributed by atoms with Gasteiger partial charge in [0.05, 0.1) is 23.4 Å². The average Bonchev–Trinajstić information content (AvgIpc) is 2.95. The summed E-state index contributed by atoms with van der Waals surface area (Å²) in [7, 11) is 0. The summed E-state index contributed by atoms with van der Waals surface area (Å²) in [6.45, 7) is 2.04. The molecule has 0 amide bonds. The van der Waals surface area contributed by atoms with Crippen molar-refractivity contribution in [2.24, 2.45) is 0 Å². The van der Waals surface area contributed by atoms with Crippen molar-refractivity contribution in [3.05, 3.63) is 76.0 Å². The Balaban J connectivity index is 2.12. The molecule has 0 bridgehead atoms. The van der Waals surface area contributed by atoms with Gasteiger partial charge in [-0.2, -0.15) is 0 Å². The fraction of sp³-hybridized carbons (Fsp3) is 0.111. The number of carbonyl (C=O) groups excluding carboxylic acids is 2. The molecular weight excluding hydrogens is 358 g/mol. The lowest BCUT2D eigenvalue weighted by atomic mass is 10.1. The van der Waals surface area contributed by atoms with E-state index in [1.165, 1.54) is 0 Å². The number of carbonyl (C=O) groups is 2. The number of ketones is 1. The number of ether oxygens (including phenoxy) is 1. The zero-order valence-electron chi connectivity index (χ0n) is 12.5. The van der Waals surface area contributed by atoms with E-state index in [0.29, 0.717) is 28.9 Å². The van der Waals surface area contributed by atoms with Gasteiger partial charge in [0.1, 0.15) is 0 Å².